The van der Waals surface area contributed by atoms with Gasteiger partial charge in [-0.2, -0.15) is 0 Å². The fraction of sp³-hybridized carbons (Fsp3) is 0.625. The lowest BCUT2D eigenvalue weighted by Crippen LogP contribution is -2.39. The SMILES string of the molecule is COCCNCC(C)(Cc1ccccc1)C(C)C. The highest BCUT2D eigenvalue weighted by molar-refractivity contribution is 5.16. The summed E-state index contributed by atoms with van der Waals surface area (Å²) >= 11 is 0. The van der Waals surface area contributed by atoms with Crippen LogP contribution in [0.2, 0.25) is 0 Å². The molecular weight excluding hydrogens is 222 g/mol. The predicted octanol–water partition coefficient (Wildman–Crippen LogP) is 3.13. The lowest BCUT2D eigenvalue weighted by atomic mass is 9.74. The van der Waals surface area contributed by atoms with Crippen LogP contribution in [0, 0.1) is 11.3 Å². The molecule has 0 heterocycles. The van der Waals surface area contributed by atoms with E-state index in [-0.39, 0.29) is 5.41 Å². The molecule has 1 aromatic rings. The minimum atomic E-state index is 0.287. The third kappa shape index (κ3) is 4.79. The molecule has 1 rings (SSSR count). The fourth-order valence-electron chi connectivity index (χ4n) is 2.08. The van der Waals surface area contributed by atoms with E-state index < -0.39 is 0 Å². The zero-order valence-corrected chi connectivity index (χ0v) is 12.2. The summed E-state index contributed by atoms with van der Waals surface area (Å²) in [4.78, 5) is 0. The smallest absolute Gasteiger partial charge is 0.0587 e. The van der Waals surface area contributed by atoms with Gasteiger partial charge in [0.15, 0.2) is 0 Å². The Morgan fingerprint density at radius 2 is 1.89 bits per heavy atom. The van der Waals surface area contributed by atoms with Gasteiger partial charge in [-0.3, -0.25) is 0 Å². The molecule has 0 spiro atoms. The first-order chi connectivity index (χ1) is 8.58. The van der Waals surface area contributed by atoms with Crippen LogP contribution < -0.4 is 5.32 Å². The van der Waals surface area contributed by atoms with Crippen LogP contribution in [0.15, 0.2) is 30.3 Å². The topological polar surface area (TPSA) is 21.3 Å². The van der Waals surface area contributed by atoms with Gasteiger partial charge in [-0.25, -0.2) is 0 Å². The molecule has 1 N–H and O–H groups in total. The van der Waals surface area contributed by atoms with E-state index in [1.54, 1.807) is 7.11 Å². The van der Waals surface area contributed by atoms with Crippen molar-refractivity contribution in [2.45, 2.75) is 27.2 Å². The third-order valence-corrected chi connectivity index (χ3v) is 3.86. The number of hydrogen-bond donors (Lipinski definition) is 1. The molecule has 1 aromatic carbocycles. The number of rotatable bonds is 8. The van der Waals surface area contributed by atoms with Crippen LogP contribution in [0.3, 0.4) is 0 Å². The summed E-state index contributed by atoms with van der Waals surface area (Å²) in [5.41, 5.74) is 1.71. The molecule has 0 saturated carbocycles. The molecule has 102 valence electrons. The van der Waals surface area contributed by atoms with E-state index in [1.165, 1.54) is 5.56 Å². The molecule has 0 aromatic heterocycles. The average Bonchev–Trinajstić information content (AvgIpc) is 2.36. The summed E-state index contributed by atoms with van der Waals surface area (Å²) in [6.07, 6.45) is 1.12. The molecule has 0 aliphatic heterocycles. The van der Waals surface area contributed by atoms with Crippen molar-refractivity contribution in [1.29, 1.82) is 0 Å². The van der Waals surface area contributed by atoms with E-state index in [0.29, 0.717) is 5.92 Å². The highest BCUT2D eigenvalue weighted by Crippen LogP contribution is 2.30. The monoisotopic (exact) mass is 249 g/mol. The Balaban J connectivity index is 2.57. The van der Waals surface area contributed by atoms with Crippen LogP contribution in [0.5, 0.6) is 0 Å². The molecule has 0 aliphatic rings. The molecule has 1 unspecified atom stereocenters. The number of ether oxygens (including phenoxy) is 1. The maximum Gasteiger partial charge on any atom is 0.0587 e. The van der Waals surface area contributed by atoms with Crippen molar-refractivity contribution in [3.63, 3.8) is 0 Å². The van der Waals surface area contributed by atoms with Gasteiger partial charge in [0.25, 0.3) is 0 Å². The molecular formula is C16H27NO. The van der Waals surface area contributed by atoms with Gasteiger partial charge in [0, 0.05) is 20.2 Å². The second kappa shape index (κ2) is 7.55. The maximum absolute atomic E-state index is 5.07. The Bertz CT molecular complexity index is 323. The van der Waals surface area contributed by atoms with Crippen molar-refractivity contribution in [2.24, 2.45) is 11.3 Å². The lowest BCUT2D eigenvalue weighted by molar-refractivity contribution is 0.175. The van der Waals surface area contributed by atoms with Gasteiger partial charge < -0.3 is 10.1 Å². The lowest BCUT2D eigenvalue weighted by Gasteiger charge is -2.34. The summed E-state index contributed by atoms with van der Waals surface area (Å²) in [5, 5.41) is 3.50. The van der Waals surface area contributed by atoms with Crippen LogP contribution in [0.1, 0.15) is 26.3 Å². The highest BCUT2D eigenvalue weighted by Gasteiger charge is 2.28. The summed E-state index contributed by atoms with van der Waals surface area (Å²) in [7, 11) is 1.74. The van der Waals surface area contributed by atoms with Crippen LogP contribution >= 0.6 is 0 Å². The molecule has 0 radical (unpaired) electrons. The first-order valence-corrected chi connectivity index (χ1v) is 6.82. The Morgan fingerprint density at radius 1 is 1.22 bits per heavy atom. The van der Waals surface area contributed by atoms with Crippen LogP contribution in [0.4, 0.5) is 0 Å². The fourth-order valence-corrected chi connectivity index (χ4v) is 2.08. The molecule has 0 bridgehead atoms. The van der Waals surface area contributed by atoms with E-state index in [4.69, 9.17) is 4.74 Å². The predicted molar refractivity (Wildman–Crippen MR) is 77.8 cm³/mol. The zero-order chi connectivity index (χ0) is 13.4. The Labute approximate surface area is 112 Å². The zero-order valence-electron chi connectivity index (χ0n) is 12.2. The minimum absolute atomic E-state index is 0.287. The van der Waals surface area contributed by atoms with E-state index in [1.807, 2.05) is 0 Å². The van der Waals surface area contributed by atoms with Gasteiger partial charge in [-0.1, -0.05) is 51.1 Å². The maximum atomic E-state index is 5.07. The number of methoxy groups -OCH3 is 1. The van der Waals surface area contributed by atoms with Gasteiger partial charge in [-0.15, -0.1) is 0 Å². The molecule has 2 nitrogen and oxygen atoms in total. The average molecular weight is 249 g/mol. The van der Waals surface area contributed by atoms with Crippen molar-refractivity contribution in [3.05, 3.63) is 35.9 Å². The van der Waals surface area contributed by atoms with Crippen molar-refractivity contribution in [1.82, 2.24) is 5.32 Å². The highest BCUT2D eigenvalue weighted by atomic mass is 16.5. The van der Waals surface area contributed by atoms with Gasteiger partial charge in [-0.05, 0) is 23.3 Å². The molecule has 0 aliphatic carbocycles. The third-order valence-electron chi connectivity index (χ3n) is 3.86. The normalized spacial score (nSPS) is 14.7. The Hall–Kier alpha value is -0.860. The Morgan fingerprint density at radius 3 is 2.44 bits per heavy atom. The van der Waals surface area contributed by atoms with Crippen LogP contribution in [-0.4, -0.2) is 26.8 Å². The van der Waals surface area contributed by atoms with E-state index in [2.05, 4.69) is 56.4 Å². The van der Waals surface area contributed by atoms with Crippen molar-refractivity contribution in [2.75, 3.05) is 26.8 Å². The van der Waals surface area contributed by atoms with Crippen LogP contribution in [0.25, 0.3) is 0 Å². The Kier molecular flexibility index (Phi) is 6.37. The summed E-state index contributed by atoms with van der Waals surface area (Å²) in [6.45, 7) is 9.71. The second-order valence-electron chi connectivity index (χ2n) is 5.64. The second-order valence-corrected chi connectivity index (χ2v) is 5.64. The first-order valence-electron chi connectivity index (χ1n) is 6.82. The quantitative estimate of drug-likeness (QED) is 0.715. The van der Waals surface area contributed by atoms with Gasteiger partial charge in [0.1, 0.15) is 0 Å². The van der Waals surface area contributed by atoms with Gasteiger partial charge >= 0.3 is 0 Å². The summed E-state index contributed by atoms with van der Waals surface area (Å²) in [6, 6.07) is 10.8. The largest absolute Gasteiger partial charge is 0.383 e. The molecule has 2 heteroatoms. The molecule has 0 fully saturated rings. The minimum Gasteiger partial charge on any atom is -0.383 e. The summed E-state index contributed by atoms with van der Waals surface area (Å²) in [5.74, 6) is 0.646. The van der Waals surface area contributed by atoms with Gasteiger partial charge in [0.05, 0.1) is 6.61 Å². The summed E-state index contributed by atoms with van der Waals surface area (Å²) < 4.78 is 5.07. The molecule has 0 saturated heterocycles. The number of hydrogen-bond acceptors (Lipinski definition) is 2. The molecule has 0 amide bonds. The van der Waals surface area contributed by atoms with E-state index >= 15 is 0 Å². The van der Waals surface area contributed by atoms with E-state index in [9.17, 15) is 0 Å². The first kappa shape index (κ1) is 15.2. The van der Waals surface area contributed by atoms with Crippen molar-refractivity contribution >= 4 is 0 Å². The molecule has 18 heavy (non-hydrogen) atoms. The standard InChI is InChI=1S/C16H27NO/c1-14(2)16(3,13-17-10-11-18-4)12-15-8-6-5-7-9-15/h5-9,14,17H,10-13H2,1-4H3. The van der Waals surface area contributed by atoms with Gasteiger partial charge in [0.2, 0.25) is 0 Å². The number of benzene rings is 1. The number of nitrogens with one attached hydrogen (secondary N) is 1. The van der Waals surface area contributed by atoms with E-state index in [0.717, 1.165) is 26.1 Å². The van der Waals surface area contributed by atoms with Crippen molar-refractivity contribution in [3.8, 4) is 0 Å². The van der Waals surface area contributed by atoms with Crippen LogP contribution in [-0.2, 0) is 11.2 Å². The van der Waals surface area contributed by atoms with Crippen molar-refractivity contribution < 1.29 is 4.74 Å². The molecule has 1 atom stereocenters.